The van der Waals surface area contributed by atoms with Crippen molar-refractivity contribution in [1.82, 2.24) is 5.32 Å². The summed E-state index contributed by atoms with van der Waals surface area (Å²) in [6, 6.07) is 14.6. The summed E-state index contributed by atoms with van der Waals surface area (Å²) in [6.07, 6.45) is 1.16. The number of benzene rings is 2. The van der Waals surface area contributed by atoms with E-state index in [2.05, 4.69) is 5.32 Å². The first-order valence-electron chi connectivity index (χ1n) is 8.27. The SMILES string of the molecule is Cc1ccc(N(CCNC(=O)COc2ccccc2)S(C)(=O)=O)c(C)c1. The van der Waals surface area contributed by atoms with Crippen LogP contribution in [0.3, 0.4) is 0 Å². The second-order valence-corrected chi connectivity index (χ2v) is 7.98. The fourth-order valence-electron chi connectivity index (χ4n) is 2.56. The number of ether oxygens (including phenoxy) is 1. The van der Waals surface area contributed by atoms with Crippen LogP contribution in [0.2, 0.25) is 0 Å². The summed E-state index contributed by atoms with van der Waals surface area (Å²) in [5.74, 6) is 0.304. The third kappa shape index (κ3) is 5.77. The topological polar surface area (TPSA) is 75.7 Å². The van der Waals surface area contributed by atoms with E-state index in [1.165, 1.54) is 4.31 Å². The first-order chi connectivity index (χ1) is 12.3. The lowest BCUT2D eigenvalue weighted by Crippen LogP contribution is -2.39. The van der Waals surface area contributed by atoms with Crippen LogP contribution in [0.5, 0.6) is 5.75 Å². The van der Waals surface area contributed by atoms with Gasteiger partial charge >= 0.3 is 0 Å². The highest BCUT2D eigenvalue weighted by atomic mass is 32.2. The Bertz CT molecular complexity index is 851. The second-order valence-electron chi connectivity index (χ2n) is 6.08. The monoisotopic (exact) mass is 376 g/mol. The Balaban J connectivity index is 1.92. The highest BCUT2D eigenvalue weighted by Gasteiger charge is 2.19. The van der Waals surface area contributed by atoms with Crippen molar-refractivity contribution in [1.29, 1.82) is 0 Å². The fourth-order valence-corrected chi connectivity index (χ4v) is 3.55. The molecule has 2 aromatic carbocycles. The van der Waals surface area contributed by atoms with Crippen molar-refractivity contribution in [3.63, 3.8) is 0 Å². The number of hydrogen-bond donors (Lipinski definition) is 1. The van der Waals surface area contributed by atoms with Crippen molar-refractivity contribution in [3.8, 4) is 5.75 Å². The Morgan fingerprint density at radius 3 is 2.42 bits per heavy atom. The molecule has 0 aliphatic carbocycles. The van der Waals surface area contributed by atoms with Gasteiger partial charge in [-0.25, -0.2) is 8.42 Å². The molecule has 0 fully saturated rings. The number of carbonyl (C=O) groups excluding carboxylic acids is 1. The molecule has 2 aromatic rings. The van der Waals surface area contributed by atoms with Gasteiger partial charge in [0.25, 0.3) is 5.91 Å². The molecule has 26 heavy (non-hydrogen) atoms. The lowest BCUT2D eigenvalue weighted by molar-refractivity contribution is -0.123. The molecule has 2 rings (SSSR count). The summed E-state index contributed by atoms with van der Waals surface area (Å²) in [5.41, 5.74) is 2.55. The van der Waals surface area contributed by atoms with Gasteiger partial charge in [-0.05, 0) is 37.6 Å². The van der Waals surface area contributed by atoms with E-state index in [-0.39, 0.29) is 25.6 Å². The minimum absolute atomic E-state index is 0.119. The van der Waals surface area contributed by atoms with E-state index in [1.807, 2.05) is 44.2 Å². The standard InChI is InChI=1S/C19H24N2O4S/c1-15-9-10-18(16(2)13-15)21(26(3,23)24)12-11-20-19(22)14-25-17-7-5-4-6-8-17/h4-10,13H,11-12,14H2,1-3H3,(H,20,22). The number of rotatable bonds is 8. The van der Waals surface area contributed by atoms with Crippen LogP contribution in [0.15, 0.2) is 48.5 Å². The highest BCUT2D eigenvalue weighted by molar-refractivity contribution is 7.92. The first-order valence-corrected chi connectivity index (χ1v) is 10.1. The van der Waals surface area contributed by atoms with Crippen molar-refractivity contribution in [3.05, 3.63) is 59.7 Å². The molecule has 0 aliphatic rings. The Labute approximate surface area is 154 Å². The van der Waals surface area contributed by atoms with Crippen molar-refractivity contribution < 1.29 is 17.9 Å². The summed E-state index contributed by atoms with van der Waals surface area (Å²) >= 11 is 0. The van der Waals surface area contributed by atoms with Crippen LogP contribution >= 0.6 is 0 Å². The van der Waals surface area contributed by atoms with Gasteiger partial charge in [0.2, 0.25) is 10.0 Å². The molecule has 1 amide bonds. The molecule has 0 unspecified atom stereocenters. The summed E-state index contributed by atoms with van der Waals surface area (Å²) in [4.78, 5) is 11.9. The normalized spacial score (nSPS) is 11.0. The number of hydrogen-bond acceptors (Lipinski definition) is 4. The van der Waals surface area contributed by atoms with E-state index in [4.69, 9.17) is 4.74 Å². The third-order valence-electron chi connectivity index (χ3n) is 3.77. The predicted molar refractivity (Wildman–Crippen MR) is 103 cm³/mol. The first kappa shape index (κ1) is 19.8. The smallest absolute Gasteiger partial charge is 0.258 e. The Morgan fingerprint density at radius 1 is 1.12 bits per heavy atom. The number of carbonyl (C=O) groups is 1. The summed E-state index contributed by atoms with van der Waals surface area (Å²) in [5, 5.41) is 2.69. The van der Waals surface area contributed by atoms with Crippen LogP contribution in [-0.2, 0) is 14.8 Å². The van der Waals surface area contributed by atoms with Crippen LogP contribution in [0, 0.1) is 13.8 Å². The molecule has 6 nitrogen and oxygen atoms in total. The molecule has 0 atom stereocenters. The van der Waals surface area contributed by atoms with Gasteiger partial charge in [-0.15, -0.1) is 0 Å². The van der Waals surface area contributed by atoms with Crippen molar-refractivity contribution in [2.75, 3.05) is 30.3 Å². The Hall–Kier alpha value is -2.54. The summed E-state index contributed by atoms with van der Waals surface area (Å²) in [6.45, 7) is 4.05. The maximum absolute atomic E-state index is 12.1. The molecule has 1 N–H and O–H groups in total. The zero-order chi connectivity index (χ0) is 19.2. The number of anilines is 1. The van der Waals surface area contributed by atoms with Crippen molar-refractivity contribution in [2.24, 2.45) is 0 Å². The number of aryl methyl sites for hydroxylation is 2. The average molecular weight is 376 g/mol. The molecular weight excluding hydrogens is 352 g/mol. The number of nitrogens with zero attached hydrogens (tertiary/aromatic N) is 1. The van der Waals surface area contributed by atoms with Gasteiger partial charge < -0.3 is 10.1 Å². The van der Waals surface area contributed by atoms with Gasteiger partial charge in [0.05, 0.1) is 18.5 Å². The molecule has 0 spiro atoms. The van der Waals surface area contributed by atoms with Crippen LogP contribution < -0.4 is 14.4 Å². The number of para-hydroxylation sites is 1. The largest absolute Gasteiger partial charge is 0.484 e. The molecule has 0 aromatic heterocycles. The minimum atomic E-state index is -3.46. The second kappa shape index (κ2) is 8.71. The molecule has 7 heteroatoms. The van der Waals surface area contributed by atoms with Crippen LogP contribution in [0.1, 0.15) is 11.1 Å². The number of nitrogens with one attached hydrogen (secondary N) is 1. The maximum atomic E-state index is 12.1. The average Bonchev–Trinajstić information content (AvgIpc) is 2.58. The van der Waals surface area contributed by atoms with E-state index >= 15 is 0 Å². The van der Waals surface area contributed by atoms with E-state index < -0.39 is 10.0 Å². The third-order valence-corrected chi connectivity index (χ3v) is 4.95. The number of amides is 1. The molecular formula is C19H24N2O4S. The lowest BCUT2D eigenvalue weighted by Gasteiger charge is -2.24. The van der Waals surface area contributed by atoms with Crippen LogP contribution in [0.25, 0.3) is 0 Å². The van der Waals surface area contributed by atoms with Gasteiger partial charge in [0.1, 0.15) is 5.75 Å². The molecule has 0 heterocycles. The van der Waals surface area contributed by atoms with Crippen LogP contribution in [-0.4, -0.2) is 40.3 Å². The van der Waals surface area contributed by atoms with E-state index in [1.54, 1.807) is 18.2 Å². The number of sulfonamides is 1. The minimum Gasteiger partial charge on any atom is -0.484 e. The summed E-state index contributed by atoms with van der Waals surface area (Å²) < 4.78 is 31.0. The van der Waals surface area contributed by atoms with E-state index in [0.29, 0.717) is 11.4 Å². The molecule has 0 radical (unpaired) electrons. The quantitative estimate of drug-likeness (QED) is 0.767. The maximum Gasteiger partial charge on any atom is 0.258 e. The van der Waals surface area contributed by atoms with Gasteiger partial charge in [0.15, 0.2) is 6.61 Å². The zero-order valence-electron chi connectivity index (χ0n) is 15.2. The Kier molecular flexibility index (Phi) is 6.63. The Morgan fingerprint density at radius 2 is 1.81 bits per heavy atom. The highest BCUT2D eigenvalue weighted by Crippen LogP contribution is 2.23. The van der Waals surface area contributed by atoms with Crippen molar-refractivity contribution in [2.45, 2.75) is 13.8 Å². The lowest BCUT2D eigenvalue weighted by atomic mass is 10.1. The molecule has 0 aliphatic heterocycles. The van der Waals surface area contributed by atoms with Crippen molar-refractivity contribution >= 4 is 21.6 Å². The van der Waals surface area contributed by atoms with E-state index in [9.17, 15) is 13.2 Å². The van der Waals surface area contributed by atoms with Crippen LogP contribution in [0.4, 0.5) is 5.69 Å². The summed E-state index contributed by atoms with van der Waals surface area (Å²) in [7, 11) is -3.46. The van der Waals surface area contributed by atoms with Gasteiger partial charge in [-0.2, -0.15) is 0 Å². The predicted octanol–water partition coefficient (Wildman–Crippen LogP) is 2.26. The molecule has 140 valence electrons. The van der Waals surface area contributed by atoms with Gasteiger partial charge in [-0.3, -0.25) is 9.10 Å². The van der Waals surface area contributed by atoms with Gasteiger partial charge in [0, 0.05) is 6.54 Å². The van der Waals surface area contributed by atoms with E-state index in [0.717, 1.165) is 17.4 Å². The zero-order valence-corrected chi connectivity index (χ0v) is 16.0. The molecule has 0 saturated carbocycles. The molecule has 0 bridgehead atoms. The molecule has 0 saturated heterocycles. The van der Waals surface area contributed by atoms with Gasteiger partial charge in [-0.1, -0.05) is 35.9 Å². The fraction of sp³-hybridized carbons (Fsp3) is 0.316.